The van der Waals surface area contributed by atoms with E-state index in [9.17, 15) is 9.90 Å². The van der Waals surface area contributed by atoms with Gasteiger partial charge in [0.05, 0.1) is 19.1 Å². The van der Waals surface area contributed by atoms with Crippen molar-refractivity contribution in [3.63, 3.8) is 0 Å². The summed E-state index contributed by atoms with van der Waals surface area (Å²) in [5.74, 6) is 0.107. The van der Waals surface area contributed by atoms with Gasteiger partial charge in [-0.3, -0.25) is 4.90 Å². The van der Waals surface area contributed by atoms with Gasteiger partial charge in [-0.15, -0.1) is 11.3 Å². The van der Waals surface area contributed by atoms with Crippen LogP contribution in [0.4, 0.5) is 0 Å². The first-order chi connectivity index (χ1) is 16.0. The highest BCUT2D eigenvalue weighted by Gasteiger charge is 2.24. The molecule has 0 aliphatic heterocycles. The highest BCUT2D eigenvalue weighted by molar-refractivity contribution is 7.22. The monoisotopic (exact) mass is 462 g/mol. The van der Waals surface area contributed by atoms with Crippen LogP contribution in [0.15, 0.2) is 60.8 Å². The van der Waals surface area contributed by atoms with Crippen LogP contribution in [0.2, 0.25) is 0 Å². The van der Waals surface area contributed by atoms with E-state index < -0.39 is 5.97 Å². The number of fused-ring (bicyclic) bond motifs is 1. The zero-order valence-electron chi connectivity index (χ0n) is 18.9. The molecule has 0 fully saturated rings. The van der Waals surface area contributed by atoms with Crippen molar-refractivity contribution in [2.75, 3.05) is 20.8 Å². The number of nitrogens with zero attached hydrogens (tertiary/aromatic N) is 2. The number of aromatic nitrogens is 1. The number of ether oxygens (including phenoxy) is 2. The fraction of sp³-hybridized carbons (Fsp3) is 0.231. The highest BCUT2D eigenvalue weighted by atomic mass is 32.1. The largest absolute Gasteiger partial charge is 0.506 e. The number of aromatic hydroxyl groups is 1. The van der Waals surface area contributed by atoms with E-state index in [0.717, 1.165) is 28.3 Å². The molecule has 33 heavy (non-hydrogen) atoms. The summed E-state index contributed by atoms with van der Waals surface area (Å²) in [6.07, 6.45) is 1.39. The molecule has 0 saturated carbocycles. The van der Waals surface area contributed by atoms with Gasteiger partial charge in [-0.1, -0.05) is 30.3 Å². The number of benzene rings is 2. The minimum absolute atomic E-state index is 0.0791. The maximum Gasteiger partial charge on any atom is 0.343 e. The van der Waals surface area contributed by atoms with Gasteiger partial charge in [0.1, 0.15) is 21.9 Å². The zero-order chi connectivity index (χ0) is 23.4. The summed E-state index contributed by atoms with van der Waals surface area (Å²) < 4.78 is 10.4. The van der Waals surface area contributed by atoms with Crippen LogP contribution >= 0.6 is 11.3 Å². The van der Waals surface area contributed by atoms with Crippen LogP contribution in [-0.4, -0.2) is 41.7 Å². The second kappa shape index (κ2) is 10.0. The summed E-state index contributed by atoms with van der Waals surface area (Å²) in [6, 6.07) is 18.0. The normalized spacial score (nSPS) is 11.2. The average Bonchev–Trinajstić information content (AvgIpc) is 3.19. The van der Waals surface area contributed by atoms with Crippen LogP contribution in [0.25, 0.3) is 20.7 Å². The van der Waals surface area contributed by atoms with Gasteiger partial charge in [-0.05, 0) is 54.9 Å². The number of esters is 1. The first kappa shape index (κ1) is 22.8. The summed E-state index contributed by atoms with van der Waals surface area (Å²) in [4.78, 5) is 20.7. The van der Waals surface area contributed by atoms with Crippen LogP contribution in [0.1, 0.15) is 28.4 Å². The van der Waals surface area contributed by atoms with Crippen molar-refractivity contribution in [2.24, 2.45) is 0 Å². The topological polar surface area (TPSA) is 71.9 Å². The molecule has 2 heterocycles. The molecule has 0 unspecified atom stereocenters. The molecule has 0 amide bonds. The first-order valence-electron chi connectivity index (χ1n) is 10.7. The third kappa shape index (κ3) is 4.84. The van der Waals surface area contributed by atoms with E-state index in [0.29, 0.717) is 16.8 Å². The molecule has 0 aliphatic rings. The molecule has 0 radical (unpaired) electrons. The standard InChI is InChI=1S/C26H26N2O4S/c1-4-32-26(30)20-14-27-25-22(23(20)29)21(16-28(2)15-17-8-6-5-7-9-17)24(33-25)18-10-12-19(31-3)13-11-18/h5-14H,4,15-16H2,1-3H3,(H,27,29). The van der Waals surface area contributed by atoms with E-state index in [-0.39, 0.29) is 17.9 Å². The third-order valence-electron chi connectivity index (χ3n) is 5.36. The molecule has 0 bridgehead atoms. The van der Waals surface area contributed by atoms with E-state index in [1.807, 2.05) is 49.5 Å². The minimum Gasteiger partial charge on any atom is -0.506 e. The molecule has 7 heteroatoms. The molecule has 2 aromatic carbocycles. The van der Waals surface area contributed by atoms with Crippen molar-refractivity contribution in [2.45, 2.75) is 20.0 Å². The van der Waals surface area contributed by atoms with Crippen molar-refractivity contribution in [3.05, 3.63) is 77.5 Å². The fourth-order valence-electron chi connectivity index (χ4n) is 3.81. The van der Waals surface area contributed by atoms with Crippen LogP contribution < -0.4 is 4.74 Å². The SMILES string of the molecule is CCOC(=O)c1cnc2sc(-c3ccc(OC)cc3)c(CN(C)Cc3ccccc3)c2c1O. The molecule has 0 aliphatic carbocycles. The molecule has 4 rings (SSSR count). The molecular weight excluding hydrogens is 436 g/mol. The highest BCUT2D eigenvalue weighted by Crippen LogP contribution is 2.43. The number of rotatable bonds is 8. The lowest BCUT2D eigenvalue weighted by Crippen LogP contribution is -2.17. The quantitative estimate of drug-likeness (QED) is 0.349. The average molecular weight is 463 g/mol. The number of hydrogen-bond donors (Lipinski definition) is 1. The molecule has 0 atom stereocenters. The Morgan fingerprint density at radius 2 is 1.82 bits per heavy atom. The third-order valence-corrected chi connectivity index (χ3v) is 6.55. The second-order valence-corrected chi connectivity index (χ2v) is 8.72. The van der Waals surface area contributed by atoms with Crippen molar-refractivity contribution in [1.82, 2.24) is 9.88 Å². The Morgan fingerprint density at radius 3 is 2.48 bits per heavy atom. The Hall–Kier alpha value is -3.42. The van der Waals surface area contributed by atoms with Gasteiger partial charge in [0.25, 0.3) is 0 Å². The van der Waals surface area contributed by atoms with Gasteiger partial charge >= 0.3 is 5.97 Å². The molecular formula is C26H26N2O4S. The lowest BCUT2D eigenvalue weighted by molar-refractivity contribution is 0.0523. The van der Waals surface area contributed by atoms with Gasteiger partial charge in [0.2, 0.25) is 0 Å². The van der Waals surface area contributed by atoms with E-state index in [1.165, 1.54) is 23.1 Å². The predicted octanol–water partition coefficient (Wildman–Crippen LogP) is 5.49. The van der Waals surface area contributed by atoms with Gasteiger partial charge in [-0.25, -0.2) is 9.78 Å². The Balaban J connectivity index is 1.81. The summed E-state index contributed by atoms with van der Waals surface area (Å²) >= 11 is 1.50. The van der Waals surface area contributed by atoms with E-state index >= 15 is 0 Å². The molecule has 1 N–H and O–H groups in total. The summed E-state index contributed by atoms with van der Waals surface area (Å²) in [5.41, 5.74) is 3.20. The molecule has 4 aromatic rings. The Labute approximate surface area is 197 Å². The maximum absolute atomic E-state index is 12.4. The van der Waals surface area contributed by atoms with E-state index in [1.54, 1.807) is 14.0 Å². The maximum atomic E-state index is 12.4. The van der Waals surface area contributed by atoms with Gasteiger partial charge in [-0.2, -0.15) is 0 Å². The van der Waals surface area contributed by atoms with Crippen LogP contribution in [0.5, 0.6) is 11.5 Å². The number of hydrogen-bond acceptors (Lipinski definition) is 7. The van der Waals surface area contributed by atoms with Crippen LogP contribution in [0.3, 0.4) is 0 Å². The minimum atomic E-state index is -0.579. The predicted molar refractivity (Wildman–Crippen MR) is 131 cm³/mol. The van der Waals surface area contributed by atoms with Gasteiger partial charge < -0.3 is 14.6 Å². The Bertz CT molecular complexity index is 1250. The second-order valence-electron chi connectivity index (χ2n) is 7.72. The summed E-state index contributed by atoms with van der Waals surface area (Å²) in [6.45, 7) is 3.27. The van der Waals surface area contributed by atoms with Crippen molar-refractivity contribution < 1.29 is 19.4 Å². The van der Waals surface area contributed by atoms with E-state index in [4.69, 9.17) is 9.47 Å². The lowest BCUT2D eigenvalue weighted by Gasteiger charge is -2.18. The molecule has 0 spiro atoms. The zero-order valence-corrected chi connectivity index (χ0v) is 19.7. The van der Waals surface area contributed by atoms with Crippen LogP contribution in [-0.2, 0) is 17.8 Å². The number of methoxy groups -OCH3 is 1. The number of thiophene rings is 1. The number of pyridine rings is 1. The Morgan fingerprint density at radius 1 is 1.09 bits per heavy atom. The molecule has 2 aromatic heterocycles. The molecule has 170 valence electrons. The summed E-state index contributed by atoms with van der Waals surface area (Å²) in [5, 5.41) is 11.7. The lowest BCUT2D eigenvalue weighted by atomic mass is 10.0. The number of carbonyl (C=O) groups excluding carboxylic acids is 1. The van der Waals surface area contributed by atoms with Gasteiger partial charge in [0, 0.05) is 24.2 Å². The molecule has 0 saturated heterocycles. The Kier molecular flexibility index (Phi) is 6.91. The summed E-state index contributed by atoms with van der Waals surface area (Å²) in [7, 11) is 3.67. The van der Waals surface area contributed by atoms with Crippen molar-refractivity contribution >= 4 is 27.5 Å². The first-order valence-corrected chi connectivity index (χ1v) is 11.5. The smallest absolute Gasteiger partial charge is 0.343 e. The van der Waals surface area contributed by atoms with Gasteiger partial charge in [0.15, 0.2) is 0 Å². The van der Waals surface area contributed by atoms with E-state index in [2.05, 4.69) is 22.0 Å². The number of carbonyl (C=O) groups is 1. The van der Waals surface area contributed by atoms with Crippen molar-refractivity contribution in [1.29, 1.82) is 0 Å². The van der Waals surface area contributed by atoms with Crippen molar-refractivity contribution in [3.8, 4) is 21.9 Å². The van der Waals surface area contributed by atoms with Crippen LogP contribution in [0, 0.1) is 0 Å². The fourth-order valence-corrected chi connectivity index (χ4v) is 4.98. The molecule has 6 nitrogen and oxygen atoms in total.